The summed E-state index contributed by atoms with van der Waals surface area (Å²) in [7, 11) is 1.33. The van der Waals surface area contributed by atoms with Gasteiger partial charge in [-0.2, -0.15) is 11.8 Å². The average molecular weight is 426 g/mol. The number of nitrogen functional groups attached to an aromatic ring is 1. The van der Waals surface area contributed by atoms with Gasteiger partial charge in [-0.15, -0.1) is 0 Å². The van der Waals surface area contributed by atoms with Gasteiger partial charge >= 0.3 is 5.69 Å². The minimum absolute atomic E-state index is 0.0348. The fraction of sp³-hybridized carbons (Fsp3) is 0.227. The van der Waals surface area contributed by atoms with Crippen molar-refractivity contribution < 1.29 is 9.90 Å². The van der Waals surface area contributed by atoms with Crippen molar-refractivity contribution in [2.45, 2.75) is 12.6 Å². The molecule has 0 saturated heterocycles. The van der Waals surface area contributed by atoms with E-state index in [2.05, 4.69) is 0 Å². The standard InChI is InChI=1S/C22H23N3O4S/c1-24-21(28)19(18(27)14-30-13-17(26)16-10-6-3-7-11-16)20(23)25(22(24)29)12-15-8-4-2-5-9-15/h2-11,17,26H,12-14,23H2,1H3. The second-order valence-electron chi connectivity index (χ2n) is 6.84. The number of anilines is 1. The van der Waals surface area contributed by atoms with Crippen molar-refractivity contribution in [3.05, 3.63) is 98.2 Å². The molecule has 0 spiro atoms. The van der Waals surface area contributed by atoms with E-state index in [0.717, 1.165) is 15.7 Å². The number of rotatable bonds is 8. The van der Waals surface area contributed by atoms with Crippen molar-refractivity contribution in [2.75, 3.05) is 17.2 Å². The van der Waals surface area contributed by atoms with E-state index in [1.165, 1.54) is 23.4 Å². The van der Waals surface area contributed by atoms with Crippen LogP contribution in [0.2, 0.25) is 0 Å². The Morgan fingerprint density at radius 1 is 1.07 bits per heavy atom. The second-order valence-corrected chi connectivity index (χ2v) is 7.87. The lowest BCUT2D eigenvalue weighted by Crippen LogP contribution is -2.43. The lowest BCUT2D eigenvalue weighted by molar-refractivity contribution is 0.102. The monoisotopic (exact) mass is 425 g/mol. The van der Waals surface area contributed by atoms with Gasteiger partial charge in [0.25, 0.3) is 5.56 Å². The predicted molar refractivity (Wildman–Crippen MR) is 119 cm³/mol. The van der Waals surface area contributed by atoms with Crippen LogP contribution in [-0.2, 0) is 13.6 Å². The number of carbonyl (C=O) groups excluding carboxylic acids is 1. The Morgan fingerprint density at radius 2 is 1.67 bits per heavy atom. The maximum atomic E-state index is 12.8. The van der Waals surface area contributed by atoms with Gasteiger partial charge in [0.15, 0.2) is 5.78 Å². The molecule has 2 aromatic carbocycles. The number of hydrogen-bond acceptors (Lipinski definition) is 6. The zero-order chi connectivity index (χ0) is 21.7. The molecular formula is C22H23N3O4S. The molecule has 0 aliphatic carbocycles. The normalized spacial score (nSPS) is 11.9. The molecule has 156 valence electrons. The molecule has 30 heavy (non-hydrogen) atoms. The number of nitrogens with two attached hydrogens (primary N) is 1. The van der Waals surface area contributed by atoms with Crippen molar-refractivity contribution in [3.63, 3.8) is 0 Å². The van der Waals surface area contributed by atoms with Crippen LogP contribution in [0.5, 0.6) is 0 Å². The highest BCUT2D eigenvalue weighted by Crippen LogP contribution is 2.19. The molecule has 0 aliphatic heterocycles. The molecule has 3 N–H and O–H groups in total. The molecule has 3 rings (SSSR count). The summed E-state index contributed by atoms with van der Waals surface area (Å²) in [5, 5.41) is 10.2. The SMILES string of the molecule is Cn1c(=O)c(C(=O)CSCC(O)c2ccccc2)c(N)n(Cc2ccccc2)c1=O. The molecule has 3 aromatic rings. The van der Waals surface area contributed by atoms with Gasteiger partial charge < -0.3 is 10.8 Å². The van der Waals surface area contributed by atoms with Crippen LogP contribution in [0.4, 0.5) is 5.82 Å². The third-order valence-corrected chi connectivity index (χ3v) is 5.76. The molecule has 1 aromatic heterocycles. The summed E-state index contributed by atoms with van der Waals surface area (Å²) >= 11 is 1.21. The van der Waals surface area contributed by atoms with Crippen LogP contribution >= 0.6 is 11.8 Å². The smallest absolute Gasteiger partial charge is 0.332 e. The van der Waals surface area contributed by atoms with E-state index in [-0.39, 0.29) is 23.7 Å². The summed E-state index contributed by atoms with van der Waals surface area (Å²) in [4.78, 5) is 37.9. The molecule has 0 amide bonds. The fourth-order valence-corrected chi connectivity index (χ4v) is 3.93. The van der Waals surface area contributed by atoms with Crippen LogP contribution < -0.4 is 17.0 Å². The molecule has 8 heteroatoms. The van der Waals surface area contributed by atoms with E-state index in [9.17, 15) is 19.5 Å². The minimum Gasteiger partial charge on any atom is -0.388 e. The third-order valence-electron chi connectivity index (χ3n) is 4.74. The predicted octanol–water partition coefficient (Wildman–Crippen LogP) is 1.83. The first kappa shape index (κ1) is 21.6. The number of aromatic nitrogens is 2. The van der Waals surface area contributed by atoms with Gasteiger partial charge in [0.1, 0.15) is 11.4 Å². The van der Waals surface area contributed by atoms with Crippen molar-refractivity contribution in [1.29, 1.82) is 0 Å². The molecule has 0 saturated carbocycles. The first-order chi connectivity index (χ1) is 14.4. The van der Waals surface area contributed by atoms with Crippen LogP contribution in [0, 0.1) is 0 Å². The van der Waals surface area contributed by atoms with Crippen molar-refractivity contribution in [1.82, 2.24) is 9.13 Å². The van der Waals surface area contributed by atoms with E-state index < -0.39 is 23.1 Å². The first-order valence-electron chi connectivity index (χ1n) is 9.37. The quantitative estimate of drug-likeness (QED) is 0.533. The van der Waals surface area contributed by atoms with Crippen molar-refractivity contribution in [3.8, 4) is 0 Å². The highest BCUT2D eigenvalue weighted by molar-refractivity contribution is 8.00. The van der Waals surface area contributed by atoms with Gasteiger partial charge in [-0.25, -0.2) is 4.79 Å². The number of benzene rings is 2. The molecule has 0 aliphatic rings. The van der Waals surface area contributed by atoms with Crippen LogP contribution in [0.3, 0.4) is 0 Å². The molecule has 1 heterocycles. The lowest BCUT2D eigenvalue weighted by Gasteiger charge is -2.15. The van der Waals surface area contributed by atoms with Crippen LogP contribution in [0.1, 0.15) is 27.6 Å². The number of carbonyl (C=O) groups is 1. The van der Waals surface area contributed by atoms with Crippen LogP contribution in [0.25, 0.3) is 0 Å². The summed E-state index contributed by atoms with van der Waals surface area (Å²) in [6, 6.07) is 18.3. The number of aliphatic hydroxyl groups excluding tert-OH is 1. The molecule has 0 bridgehead atoms. The number of ketones is 1. The maximum absolute atomic E-state index is 12.8. The molecule has 0 radical (unpaired) electrons. The summed E-state index contributed by atoms with van der Waals surface area (Å²) in [6.07, 6.45) is -0.726. The zero-order valence-corrected chi connectivity index (χ0v) is 17.3. The largest absolute Gasteiger partial charge is 0.388 e. The van der Waals surface area contributed by atoms with Crippen molar-refractivity contribution >= 4 is 23.4 Å². The Morgan fingerprint density at radius 3 is 2.30 bits per heavy atom. The maximum Gasteiger partial charge on any atom is 0.332 e. The topological polar surface area (TPSA) is 107 Å². The van der Waals surface area contributed by atoms with Gasteiger partial charge in [0.05, 0.1) is 18.4 Å². The van der Waals surface area contributed by atoms with Crippen LogP contribution in [0.15, 0.2) is 70.3 Å². The highest BCUT2D eigenvalue weighted by Gasteiger charge is 2.22. The van der Waals surface area contributed by atoms with Gasteiger partial charge in [0, 0.05) is 12.8 Å². The lowest BCUT2D eigenvalue weighted by atomic mass is 10.1. The third kappa shape index (κ3) is 4.72. The van der Waals surface area contributed by atoms with E-state index >= 15 is 0 Å². The van der Waals surface area contributed by atoms with E-state index in [1.54, 1.807) is 12.1 Å². The van der Waals surface area contributed by atoms with E-state index in [4.69, 9.17) is 5.73 Å². The average Bonchev–Trinajstić information content (AvgIpc) is 2.76. The first-order valence-corrected chi connectivity index (χ1v) is 10.5. The number of nitrogens with zero attached hydrogens (tertiary/aromatic N) is 2. The summed E-state index contributed by atoms with van der Waals surface area (Å²) in [5.74, 6) is -0.353. The number of Topliss-reactive ketones (excluding diaryl/α,β-unsaturated/α-hetero) is 1. The summed E-state index contributed by atoms with van der Waals surface area (Å²) in [5.41, 5.74) is 6.18. The number of aliphatic hydroxyl groups is 1. The fourth-order valence-electron chi connectivity index (χ4n) is 3.07. The van der Waals surface area contributed by atoms with E-state index in [0.29, 0.717) is 5.75 Å². The van der Waals surface area contributed by atoms with Gasteiger partial charge in [-0.05, 0) is 11.1 Å². The molecule has 1 unspecified atom stereocenters. The van der Waals surface area contributed by atoms with Crippen molar-refractivity contribution in [2.24, 2.45) is 7.05 Å². The Hall–Kier alpha value is -3.10. The van der Waals surface area contributed by atoms with E-state index in [1.807, 2.05) is 48.5 Å². The summed E-state index contributed by atoms with van der Waals surface area (Å²) < 4.78 is 2.13. The van der Waals surface area contributed by atoms with Gasteiger partial charge in [0.2, 0.25) is 0 Å². The number of hydrogen-bond donors (Lipinski definition) is 2. The Bertz CT molecular complexity index is 1140. The van der Waals surface area contributed by atoms with Crippen LogP contribution in [-0.4, -0.2) is 31.5 Å². The molecule has 7 nitrogen and oxygen atoms in total. The Labute approximate surface area is 177 Å². The molecule has 1 atom stereocenters. The zero-order valence-electron chi connectivity index (χ0n) is 16.5. The van der Waals surface area contributed by atoms with Gasteiger partial charge in [-0.3, -0.25) is 18.7 Å². The Balaban J connectivity index is 1.80. The minimum atomic E-state index is -0.726. The summed E-state index contributed by atoms with van der Waals surface area (Å²) in [6.45, 7) is 0.153. The van der Waals surface area contributed by atoms with Gasteiger partial charge in [-0.1, -0.05) is 60.7 Å². The molecular weight excluding hydrogens is 402 g/mol. The highest BCUT2D eigenvalue weighted by atomic mass is 32.2. The number of thioether (sulfide) groups is 1. The molecule has 0 fully saturated rings. The second kappa shape index (κ2) is 9.60. The Kier molecular flexibility index (Phi) is 6.91.